The highest BCUT2D eigenvalue weighted by Crippen LogP contribution is 2.36. The van der Waals surface area contributed by atoms with Crippen LogP contribution in [-0.4, -0.2) is 33.2 Å². The van der Waals surface area contributed by atoms with Crippen molar-refractivity contribution in [3.63, 3.8) is 0 Å². The van der Waals surface area contributed by atoms with Crippen molar-refractivity contribution in [2.45, 2.75) is 31.2 Å². The zero-order chi connectivity index (χ0) is 20.8. The molecule has 2 aromatic carbocycles. The first-order valence-electron chi connectivity index (χ1n) is 9.29. The molecule has 0 aliphatic heterocycles. The van der Waals surface area contributed by atoms with Crippen LogP contribution in [0, 0.1) is 13.8 Å². The predicted molar refractivity (Wildman–Crippen MR) is 113 cm³/mol. The van der Waals surface area contributed by atoms with Crippen LogP contribution in [0.2, 0.25) is 0 Å². The fraction of sp³-hybridized carbons (Fsp3) is 0.238. The van der Waals surface area contributed by atoms with E-state index < -0.39 is 17.2 Å². The Morgan fingerprint density at radius 2 is 1.72 bits per heavy atom. The van der Waals surface area contributed by atoms with Gasteiger partial charge in [0.2, 0.25) is 5.91 Å². The molecule has 2 N–H and O–H groups in total. The van der Waals surface area contributed by atoms with Crippen molar-refractivity contribution in [1.29, 1.82) is 0 Å². The fourth-order valence-corrected chi connectivity index (χ4v) is 3.90. The molecule has 3 amide bonds. The number of carbonyl (C=O) groups excluding carboxylic acids is 2. The third-order valence-corrected chi connectivity index (χ3v) is 5.42. The van der Waals surface area contributed by atoms with Crippen LogP contribution in [0.15, 0.2) is 59.8 Å². The first kappa shape index (κ1) is 20.6. The number of nitrogens with one attached hydrogen (secondary N) is 2. The maximum atomic E-state index is 12.9. The number of benzene rings is 2. The summed E-state index contributed by atoms with van der Waals surface area (Å²) in [7, 11) is 0. The van der Waals surface area contributed by atoms with Gasteiger partial charge in [0.15, 0.2) is 5.16 Å². The van der Waals surface area contributed by atoms with Crippen LogP contribution < -0.4 is 10.6 Å². The molecule has 0 aliphatic carbocycles. The zero-order valence-corrected chi connectivity index (χ0v) is 17.4. The van der Waals surface area contributed by atoms with Crippen LogP contribution in [0.3, 0.4) is 0 Å². The molecule has 0 radical (unpaired) electrons. The van der Waals surface area contributed by atoms with Crippen molar-refractivity contribution in [3.05, 3.63) is 71.5 Å². The lowest BCUT2D eigenvalue weighted by Gasteiger charge is -2.17. The van der Waals surface area contributed by atoms with Gasteiger partial charge in [-0.3, -0.25) is 14.7 Å². The Morgan fingerprint density at radius 3 is 2.38 bits per heavy atom. The largest absolute Gasteiger partial charge is 0.338 e. The summed E-state index contributed by atoms with van der Waals surface area (Å²) in [4.78, 5) is 24.8. The van der Waals surface area contributed by atoms with Crippen molar-refractivity contribution in [1.82, 2.24) is 25.4 Å². The normalized spacial score (nSPS) is 11.7. The van der Waals surface area contributed by atoms with Crippen molar-refractivity contribution < 1.29 is 9.59 Å². The van der Waals surface area contributed by atoms with Gasteiger partial charge in [-0.2, -0.15) is 0 Å². The minimum Gasteiger partial charge on any atom is -0.338 e. The second kappa shape index (κ2) is 9.38. The summed E-state index contributed by atoms with van der Waals surface area (Å²) in [5, 5.41) is 13.4. The summed E-state index contributed by atoms with van der Waals surface area (Å²) in [5.41, 5.74) is 2.84. The molecule has 7 nitrogen and oxygen atoms in total. The van der Waals surface area contributed by atoms with E-state index in [0.29, 0.717) is 17.5 Å². The summed E-state index contributed by atoms with van der Waals surface area (Å²) in [6, 6.07) is 16.8. The van der Waals surface area contributed by atoms with Crippen molar-refractivity contribution in [2.75, 3.05) is 6.54 Å². The molecule has 0 fully saturated rings. The molecule has 1 heterocycles. The Labute approximate surface area is 173 Å². The zero-order valence-electron chi connectivity index (χ0n) is 16.5. The molecule has 1 aromatic heterocycles. The van der Waals surface area contributed by atoms with E-state index in [9.17, 15) is 9.59 Å². The maximum Gasteiger partial charge on any atom is 0.321 e. The van der Waals surface area contributed by atoms with Crippen LogP contribution in [0.1, 0.15) is 29.1 Å². The fourth-order valence-electron chi connectivity index (χ4n) is 2.80. The summed E-state index contributed by atoms with van der Waals surface area (Å²) < 4.78 is 1.90. The van der Waals surface area contributed by atoms with E-state index in [2.05, 4.69) is 20.8 Å². The molecule has 3 aromatic rings. The van der Waals surface area contributed by atoms with Gasteiger partial charge >= 0.3 is 6.03 Å². The van der Waals surface area contributed by atoms with Gasteiger partial charge in [0.25, 0.3) is 0 Å². The quantitative estimate of drug-likeness (QED) is 0.608. The molecular formula is C21H23N5O2S. The van der Waals surface area contributed by atoms with Crippen molar-refractivity contribution >= 4 is 23.7 Å². The van der Waals surface area contributed by atoms with Gasteiger partial charge in [-0.1, -0.05) is 59.8 Å². The molecule has 0 spiro atoms. The van der Waals surface area contributed by atoms with E-state index in [1.807, 2.05) is 73.0 Å². The summed E-state index contributed by atoms with van der Waals surface area (Å²) in [5.74, 6) is 0.301. The highest BCUT2D eigenvalue weighted by Gasteiger charge is 2.26. The van der Waals surface area contributed by atoms with Gasteiger partial charge in [0, 0.05) is 12.2 Å². The van der Waals surface area contributed by atoms with Crippen LogP contribution >= 0.6 is 11.8 Å². The number of aromatic nitrogens is 3. The number of nitrogens with zero attached hydrogens (tertiary/aromatic N) is 3. The molecule has 150 valence electrons. The smallest absolute Gasteiger partial charge is 0.321 e. The van der Waals surface area contributed by atoms with E-state index in [4.69, 9.17) is 0 Å². The first-order valence-corrected chi connectivity index (χ1v) is 10.2. The van der Waals surface area contributed by atoms with Crippen molar-refractivity contribution in [3.8, 4) is 5.69 Å². The Balaban J connectivity index is 1.94. The van der Waals surface area contributed by atoms with Gasteiger partial charge in [0.05, 0.1) is 0 Å². The van der Waals surface area contributed by atoms with Gasteiger partial charge < -0.3 is 5.32 Å². The van der Waals surface area contributed by atoms with E-state index >= 15 is 0 Å². The van der Waals surface area contributed by atoms with Crippen LogP contribution in [0.5, 0.6) is 0 Å². The number of thioether (sulfide) groups is 1. The number of urea groups is 1. The van der Waals surface area contributed by atoms with Crippen molar-refractivity contribution in [2.24, 2.45) is 0 Å². The molecule has 3 rings (SSSR count). The number of hydrogen-bond donors (Lipinski definition) is 2. The lowest BCUT2D eigenvalue weighted by molar-refractivity contribution is -0.119. The molecule has 0 bridgehead atoms. The van der Waals surface area contributed by atoms with E-state index in [-0.39, 0.29) is 0 Å². The molecule has 0 saturated heterocycles. The Bertz CT molecular complexity index is 986. The third kappa shape index (κ3) is 5.03. The Kier molecular flexibility index (Phi) is 6.66. The SMILES string of the molecule is CCNC(=O)NC(=O)[C@@H](Sc1nnc(C)n1-c1ccc(C)cc1)c1ccccc1. The molecule has 1 atom stereocenters. The standard InChI is InChI=1S/C21H23N5O2S/c1-4-22-20(28)23-19(27)18(16-8-6-5-7-9-16)29-21-25-24-15(3)26(21)17-12-10-14(2)11-13-17/h5-13,18H,4H2,1-3H3,(H2,22,23,27,28)/t18-/m0/s1. The molecule has 29 heavy (non-hydrogen) atoms. The number of rotatable bonds is 6. The second-order valence-electron chi connectivity index (χ2n) is 6.46. The highest BCUT2D eigenvalue weighted by atomic mass is 32.2. The summed E-state index contributed by atoms with van der Waals surface area (Å²) >= 11 is 1.25. The Morgan fingerprint density at radius 1 is 1.03 bits per heavy atom. The number of hydrogen-bond acceptors (Lipinski definition) is 5. The van der Waals surface area contributed by atoms with Crippen LogP contribution in [-0.2, 0) is 4.79 Å². The van der Waals surface area contributed by atoms with E-state index in [1.165, 1.54) is 11.8 Å². The number of aryl methyl sites for hydroxylation is 2. The van der Waals surface area contributed by atoms with Gasteiger partial charge in [-0.05, 0) is 38.5 Å². The van der Waals surface area contributed by atoms with E-state index in [1.54, 1.807) is 6.92 Å². The number of carbonyl (C=O) groups is 2. The van der Waals surface area contributed by atoms with Gasteiger partial charge in [0.1, 0.15) is 11.1 Å². The summed E-state index contributed by atoms with van der Waals surface area (Å²) in [6.45, 7) is 6.11. The predicted octanol–water partition coefficient (Wildman–Crippen LogP) is 3.56. The summed E-state index contributed by atoms with van der Waals surface area (Å²) in [6.07, 6.45) is 0. The minimum atomic E-state index is -0.661. The topological polar surface area (TPSA) is 88.9 Å². The molecule has 8 heteroatoms. The van der Waals surface area contributed by atoms with Crippen LogP contribution in [0.25, 0.3) is 5.69 Å². The van der Waals surface area contributed by atoms with Gasteiger partial charge in [-0.15, -0.1) is 10.2 Å². The first-order chi connectivity index (χ1) is 14.0. The van der Waals surface area contributed by atoms with Gasteiger partial charge in [-0.25, -0.2) is 4.79 Å². The highest BCUT2D eigenvalue weighted by molar-refractivity contribution is 8.00. The minimum absolute atomic E-state index is 0.414. The average Bonchev–Trinajstić information content (AvgIpc) is 3.07. The molecule has 0 unspecified atom stereocenters. The lowest BCUT2D eigenvalue weighted by Crippen LogP contribution is -2.41. The average molecular weight is 410 g/mol. The third-order valence-electron chi connectivity index (χ3n) is 4.23. The maximum absolute atomic E-state index is 12.9. The molecule has 0 saturated carbocycles. The van der Waals surface area contributed by atoms with Crippen LogP contribution in [0.4, 0.5) is 4.79 Å². The second-order valence-corrected chi connectivity index (χ2v) is 7.53. The molecular weight excluding hydrogens is 386 g/mol. The molecule has 0 aliphatic rings. The monoisotopic (exact) mass is 409 g/mol. The number of amides is 3. The Hall–Kier alpha value is -3.13. The van der Waals surface area contributed by atoms with E-state index in [0.717, 1.165) is 16.8 Å². The lowest BCUT2D eigenvalue weighted by atomic mass is 10.1. The number of imide groups is 1.